The largest absolute Gasteiger partial charge is 0.338 e. The topological polar surface area (TPSA) is 51.0 Å². The molecule has 1 atom stereocenters. The van der Waals surface area contributed by atoms with Gasteiger partial charge in [0, 0.05) is 41.8 Å². The SMILES string of the molecule is CCn1c([C@@H]2CCN(C(=O)c3ccc(Br)cc3)C2)nc2cccnc21. The van der Waals surface area contributed by atoms with Gasteiger partial charge in [-0.1, -0.05) is 15.9 Å². The number of carbonyl (C=O) groups is 1. The van der Waals surface area contributed by atoms with Gasteiger partial charge in [-0.25, -0.2) is 9.97 Å². The molecule has 0 saturated carbocycles. The molecule has 0 unspecified atom stereocenters. The number of aromatic nitrogens is 3. The van der Waals surface area contributed by atoms with Crippen LogP contribution in [0.3, 0.4) is 0 Å². The first-order valence-electron chi connectivity index (χ1n) is 8.53. The van der Waals surface area contributed by atoms with Crippen molar-refractivity contribution in [1.82, 2.24) is 19.4 Å². The zero-order valence-electron chi connectivity index (χ0n) is 14.0. The van der Waals surface area contributed by atoms with Gasteiger partial charge in [-0.3, -0.25) is 4.79 Å². The molecule has 2 aromatic heterocycles. The van der Waals surface area contributed by atoms with E-state index < -0.39 is 0 Å². The average Bonchev–Trinajstić information content (AvgIpc) is 3.26. The van der Waals surface area contributed by atoms with Gasteiger partial charge < -0.3 is 9.47 Å². The fraction of sp³-hybridized carbons (Fsp3) is 0.316. The maximum absolute atomic E-state index is 12.7. The molecule has 5 nitrogen and oxygen atoms in total. The van der Waals surface area contributed by atoms with Gasteiger partial charge in [0.25, 0.3) is 5.91 Å². The van der Waals surface area contributed by atoms with Gasteiger partial charge in [-0.05, 0) is 49.7 Å². The van der Waals surface area contributed by atoms with E-state index in [1.165, 1.54) is 0 Å². The summed E-state index contributed by atoms with van der Waals surface area (Å²) in [5.74, 6) is 1.39. The molecule has 1 fully saturated rings. The van der Waals surface area contributed by atoms with Gasteiger partial charge in [0.2, 0.25) is 0 Å². The third-order valence-corrected chi connectivity index (χ3v) is 5.31. The molecule has 0 aliphatic carbocycles. The number of benzene rings is 1. The maximum atomic E-state index is 12.7. The first-order chi connectivity index (χ1) is 12.2. The molecular weight excluding hydrogens is 380 g/mol. The van der Waals surface area contributed by atoms with E-state index in [-0.39, 0.29) is 11.8 Å². The summed E-state index contributed by atoms with van der Waals surface area (Å²) >= 11 is 3.41. The Labute approximate surface area is 154 Å². The van der Waals surface area contributed by atoms with Crippen LogP contribution in [-0.2, 0) is 6.54 Å². The van der Waals surface area contributed by atoms with E-state index in [4.69, 9.17) is 4.98 Å². The minimum absolute atomic E-state index is 0.0901. The minimum atomic E-state index is 0.0901. The number of nitrogens with zero attached hydrogens (tertiary/aromatic N) is 4. The van der Waals surface area contributed by atoms with Gasteiger partial charge in [0.1, 0.15) is 11.3 Å². The number of fused-ring (bicyclic) bond motifs is 1. The molecule has 0 N–H and O–H groups in total. The van der Waals surface area contributed by atoms with E-state index >= 15 is 0 Å². The highest BCUT2D eigenvalue weighted by Gasteiger charge is 2.31. The third kappa shape index (κ3) is 2.95. The Bertz CT molecular complexity index is 919. The number of rotatable bonds is 3. The molecule has 0 bridgehead atoms. The van der Waals surface area contributed by atoms with E-state index in [0.717, 1.165) is 46.5 Å². The Hall–Kier alpha value is -2.21. The number of amides is 1. The van der Waals surface area contributed by atoms with Crippen molar-refractivity contribution < 1.29 is 4.79 Å². The lowest BCUT2D eigenvalue weighted by Gasteiger charge is -2.17. The quantitative estimate of drug-likeness (QED) is 0.673. The Morgan fingerprint density at radius 3 is 2.84 bits per heavy atom. The third-order valence-electron chi connectivity index (χ3n) is 4.78. The summed E-state index contributed by atoms with van der Waals surface area (Å²) in [5, 5.41) is 0. The van der Waals surface area contributed by atoms with Gasteiger partial charge in [-0.15, -0.1) is 0 Å². The lowest BCUT2D eigenvalue weighted by atomic mass is 10.1. The van der Waals surface area contributed by atoms with Crippen molar-refractivity contribution in [3.8, 4) is 0 Å². The summed E-state index contributed by atoms with van der Waals surface area (Å²) in [6.45, 7) is 4.41. The lowest BCUT2D eigenvalue weighted by Crippen LogP contribution is -2.28. The predicted octanol–water partition coefficient (Wildman–Crippen LogP) is 3.84. The van der Waals surface area contributed by atoms with E-state index in [0.29, 0.717) is 6.54 Å². The van der Waals surface area contributed by atoms with Crippen molar-refractivity contribution in [2.75, 3.05) is 13.1 Å². The van der Waals surface area contributed by atoms with Crippen LogP contribution in [0, 0.1) is 0 Å². The first-order valence-corrected chi connectivity index (χ1v) is 9.32. The number of pyridine rings is 1. The summed E-state index contributed by atoms with van der Waals surface area (Å²) in [4.78, 5) is 23.9. The molecule has 6 heteroatoms. The highest BCUT2D eigenvalue weighted by atomic mass is 79.9. The lowest BCUT2D eigenvalue weighted by molar-refractivity contribution is 0.0790. The van der Waals surface area contributed by atoms with Crippen molar-refractivity contribution in [3.05, 3.63) is 58.5 Å². The fourth-order valence-corrected chi connectivity index (χ4v) is 3.79. The number of hydrogen-bond donors (Lipinski definition) is 0. The highest BCUT2D eigenvalue weighted by molar-refractivity contribution is 9.10. The average molecular weight is 399 g/mol. The number of halogens is 1. The molecule has 0 radical (unpaired) electrons. The Kier molecular flexibility index (Phi) is 4.29. The summed E-state index contributed by atoms with van der Waals surface area (Å²) in [6.07, 6.45) is 2.74. The second-order valence-electron chi connectivity index (χ2n) is 6.30. The summed E-state index contributed by atoms with van der Waals surface area (Å²) in [6, 6.07) is 11.5. The molecule has 3 heterocycles. The van der Waals surface area contributed by atoms with Crippen LogP contribution >= 0.6 is 15.9 Å². The van der Waals surface area contributed by atoms with Gasteiger partial charge in [-0.2, -0.15) is 0 Å². The normalized spacial score (nSPS) is 17.4. The maximum Gasteiger partial charge on any atom is 0.253 e. The second kappa shape index (κ2) is 6.59. The van der Waals surface area contributed by atoms with Crippen molar-refractivity contribution in [1.29, 1.82) is 0 Å². The molecule has 1 amide bonds. The highest BCUT2D eigenvalue weighted by Crippen LogP contribution is 2.30. The van der Waals surface area contributed by atoms with Crippen molar-refractivity contribution in [2.45, 2.75) is 25.8 Å². The van der Waals surface area contributed by atoms with Crippen LogP contribution in [0.15, 0.2) is 47.1 Å². The molecule has 4 rings (SSSR count). The van der Waals surface area contributed by atoms with Crippen LogP contribution in [0.2, 0.25) is 0 Å². The standard InChI is InChI=1S/C19H19BrN4O/c1-2-24-17(22-16-4-3-10-21-18(16)24)14-9-11-23(12-14)19(25)13-5-7-15(20)8-6-13/h3-8,10,14H,2,9,11-12H2,1H3/t14-/m1/s1. The van der Waals surface area contributed by atoms with E-state index in [1.54, 1.807) is 6.20 Å². The van der Waals surface area contributed by atoms with Crippen LogP contribution in [0.4, 0.5) is 0 Å². The van der Waals surface area contributed by atoms with Crippen LogP contribution < -0.4 is 0 Å². The van der Waals surface area contributed by atoms with Gasteiger partial charge in [0.15, 0.2) is 5.65 Å². The van der Waals surface area contributed by atoms with Crippen molar-refractivity contribution in [2.24, 2.45) is 0 Å². The number of likely N-dealkylation sites (tertiary alicyclic amines) is 1. The van der Waals surface area contributed by atoms with Crippen LogP contribution in [0.1, 0.15) is 35.4 Å². The van der Waals surface area contributed by atoms with Crippen LogP contribution in [0.25, 0.3) is 11.2 Å². The molecule has 1 aliphatic heterocycles. The zero-order chi connectivity index (χ0) is 17.4. The first kappa shape index (κ1) is 16.3. The molecule has 1 saturated heterocycles. The Morgan fingerprint density at radius 2 is 2.08 bits per heavy atom. The monoisotopic (exact) mass is 398 g/mol. The number of hydrogen-bond acceptors (Lipinski definition) is 3. The molecule has 3 aromatic rings. The number of aryl methyl sites for hydroxylation is 1. The Morgan fingerprint density at radius 1 is 1.28 bits per heavy atom. The predicted molar refractivity (Wildman–Crippen MR) is 101 cm³/mol. The summed E-state index contributed by atoms with van der Waals surface area (Å²) in [7, 11) is 0. The number of imidazole rings is 1. The zero-order valence-corrected chi connectivity index (χ0v) is 15.6. The molecular formula is C19H19BrN4O. The minimum Gasteiger partial charge on any atom is -0.338 e. The van der Waals surface area contributed by atoms with Crippen LogP contribution in [0.5, 0.6) is 0 Å². The van der Waals surface area contributed by atoms with Crippen LogP contribution in [-0.4, -0.2) is 38.4 Å². The van der Waals surface area contributed by atoms with E-state index in [2.05, 4.69) is 32.4 Å². The second-order valence-corrected chi connectivity index (χ2v) is 7.22. The van der Waals surface area contributed by atoms with E-state index in [9.17, 15) is 4.79 Å². The van der Waals surface area contributed by atoms with Crippen molar-refractivity contribution in [3.63, 3.8) is 0 Å². The summed E-state index contributed by atoms with van der Waals surface area (Å²) < 4.78 is 3.15. The van der Waals surface area contributed by atoms with Crippen molar-refractivity contribution >= 4 is 33.0 Å². The molecule has 128 valence electrons. The molecule has 0 spiro atoms. The molecule has 25 heavy (non-hydrogen) atoms. The molecule has 1 aromatic carbocycles. The van der Waals surface area contributed by atoms with E-state index in [1.807, 2.05) is 41.3 Å². The number of carbonyl (C=O) groups excluding carboxylic acids is 1. The van der Waals surface area contributed by atoms with Gasteiger partial charge >= 0.3 is 0 Å². The Balaban J connectivity index is 1.58. The summed E-state index contributed by atoms with van der Waals surface area (Å²) in [5.41, 5.74) is 2.59. The fourth-order valence-electron chi connectivity index (χ4n) is 3.53. The smallest absolute Gasteiger partial charge is 0.253 e. The van der Waals surface area contributed by atoms with Gasteiger partial charge in [0.05, 0.1) is 0 Å². The molecule has 1 aliphatic rings.